The predicted molar refractivity (Wildman–Crippen MR) is 74.3 cm³/mol. The summed E-state index contributed by atoms with van der Waals surface area (Å²) < 4.78 is 0. The zero-order valence-corrected chi connectivity index (χ0v) is 11.5. The van der Waals surface area contributed by atoms with Crippen molar-refractivity contribution in [2.75, 3.05) is 0 Å². The van der Waals surface area contributed by atoms with Crippen LogP contribution in [0.15, 0.2) is 16.9 Å². The molecule has 0 aromatic carbocycles. The summed E-state index contributed by atoms with van der Waals surface area (Å²) in [5, 5.41) is 2.72. The molecule has 1 aliphatic carbocycles. The third-order valence-corrected chi connectivity index (χ3v) is 3.82. The van der Waals surface area contributed by atoms with Crippen LogP contribution in [-0.4, -0.2) is 22.3 Å². The largest absolute Gasteiger partial charge is 0.368 e. The standard InChI is InChI=1S/C14H19N3O3/c1-2-10-7-9(8-11(18)16-10)12(19)17-14(13(15)20)5-3-4-6-14/h7-8H,2-6H2,1H3,(H2,15,20)(H,16,18)(H,17,19). The highest BCUT2D eigenvalue weighted by Crippen LogP contribution is 2.29. The van der Waals surface area contributed by atoms with Crippen molar-refractivity contribution in [3.05, 3.63) is 33.7 Å². The maximum atomic E-state index is 12.3. The summed E-state index contributed by atoms with van der Waals surface area (Å²) in [5.74, 6) is -0.935. The van der Waals surface area contributed by atoms with Crippen molar-refractivity contribution in [2.24, 2.45) is 5.73 Å². The number of nitrogens with two attached hydrogens (primary N) is 1. The number of rotatable bonds is 4. The molecule has 1 heterocycles. The average Bonchev–Trinajstić information content (AvgIpc) is 2.87. The molecule has 108 valence electrons. The van der Waals surface area contributed by atoms with Gasteiger partial charge < -0.3 is 16.0 Å². The number of pyridine rings is 1. The van der Waals surface area contributed by atoms with Crippen LogP contribution < -0.4 is 16.6 Å². The lowest BCUT2D eigenvalue weighted by atomic mass is 9.96. The van der Waals surface area contributed by atoms with Crippen molar-refractivity contribution in [1.29, 1.82) is 0 Å². The average molecular weight is 277 g/mol. The summed E-state index contributed by atoms with van der Waals surface area (Å²) in [7, 11) is 0. The highest BCUT2D eigenvalue weighted by molar-refractivity contribution is 5.99. The van der Waals surface area contributed by atoms with Gasteiger partial charge in [0.1, 0.15) is 5.54 Å². The quantitative estimate of drug-likeness (QED) is 0.744. The van der Waals surface area contributed by atoms with Crippen LogP contribution >= 0.6 is 0 Å². The fourth-order valence-corrected chi connectivity index (χ4v) is 2.62. The first kappa shape index (κ1) is 14.3. The summed E-state index contributed by atoms with van der Waals surface area (Å²) in [6.45, 7) is 1.88. The molecule has 1 fully saturated rings. The van der Waals surface area contributed by atoms with Gasteiger partial charge in [-0.3, -0.25) is 14.4 Å². The maximum Gasteiger partial charge on any atom is 0.252 e. The number of hydrogen-bond donors (Lipinski definition) is 3. The third-order valence-electron chi connectivity index (χ3n) is 3.82. The zero-order valence-electron chi connectivity index (χ0n) is 11.5. The first-order valence-electron chi connectivity index (χ1n) is 6.82. The SMILES string of the molecule is CCc1cc(C(=O)NC2(C(N)=O)CCCC2)cc(=O)[nH]1. The van der Waals surface area contributed by atoms with Crippen LogP contribution in [0.1, 0.15) is 48.7 Å². The number of carbonyl (C=O) groups is 2. The van der Waals surface area contributed by atoms with Crippen molar-refractivity contribution in [1.82, 2.24) is 10.3 Å². The molecule has 1 saturated carbocycles. The minimum atomic E-state index is -0.966. The Kier molecular flexibility index (Phi) is 3.92. The molecule has 6 heteroatoms. The third kappa shape index (κ3) is 2.74. The van der Waals surface area contributed by atoms with Gasteiger partial charge in [0, 0.05) is 17.3 Å². The van der Waals surface area contributed by atoms with Crippen molar-refractivity contribution in [2.45, 2.75) is 44.6 Å². The molecule has 0 unspecified atom stereocenters. The van der Waals surface area contributed by atoms with Crippen LogP contribution in [0.4, 0.5) is 0 Å². The second-order valence-electron chi connectivity index (χ2n) is 5.22. The van der Waals surface area contributed by atoms with E-state index in [1.807, 2.05) is 6.92 Å². The van der Waals surface area contributed by atoms with E-state index in [4.69, 9.17) is 5.73 Å². The lowest BCUT2D eigenvalue weighted by Gasteiger charge is -2.26. The Morgan fingerprint density at radius 3 is 2.55 bits per heavy atom. The molecule has 0 bridgehead atoms. The van der Waals surface area contributed by atoms with Crippen LogP contribution in [0.5, 0.6) is 0 Å². The van der Waals surface area contributed by atoms with Gasteiger partial charge in [0.25, 0.3) is 5.91 Å². The van der Waals surface area contributed by atoms with E-state index in [2.05, 4.69) is 10.3 Å². The monoisotopic (exact) mass is 277 g/mol. The normalized spacial score (nSPS) is 16.9. The van der Waals surface area contributed by atoms with Gasteiger partial charge in [0.15, 0.2) is 0 Å². The molecule has 0 aliphatic heterocycles. The predicted octanol–water partition coefficient (Wildman–Crippen LogP) is 0.465. The number of aromatic amines is 1. The van der Waals surface area contributed by atoms with Gasteiger partial charge >= 0.3 is 0 Å². The fraction of sp³-hybridized carbons (Fsp3) is 0.500. The fourth-order valence-electron chi connectivity index (χ4n) is 2.62. The maximum absolute atomic E-state index is 12.3. The minimum Gasteiger partial charge on any atom is -0.368 e. The topological polar surface area (TPSA) is 105 Å². The molecule has 0 spiro atoms. The van der Waals surface area contributed by atoms with Crippen LogP contribution in [-0.2, 0) is 11.2 Å². The van der Waals surface area contributed by atoms with E-state index < -0.39 is 17.4 Å². The van der Waals surface area contributed by atoms with Gasteiger partial charge in [-0.25, -0.2) is 0 Å². The molecule has 2 amide bonds. The number of aromatic nitrogens is 1. The van der Waals surface area contributed by atoms with Crippen LogP contribution in [0.3, 0.4) is 0 Å². The van der Waals surface area contributed by atoms with Crippen molar-refractivity contribution < 1.29 is 9.59 Å². The molecule has 1 aliphatic rings. The molecule has 1 aromatic heterocycles. The molecule has 1 aromatic rings. The van der Waals surface area contributed by atoms with Gasteiger partial charge in [-0.15, -0.1) is 0 Å². The Labute approximate surface area is 116 Å². The molecule has 20 heavy (non-hydrogen) atoms. The smallest absolute Gasteiger partial charge is 0.252 e. The number of hydrogen-bond acceptors (Lipinski definition) is 3. The molecule has 6 nitrogen and oxygen atoms in total. The second-order valence-corrected chi connectivity index (χ2v) is 5.22. The number of primary amides is 1. The summed E-state index contributed by atoms with van der Waals surface area (Å²) in [5.41, 5.74) is 5.08. The molecular formula is C14H19N3O3. The Morgan fingerprint density at radius 2 is 2.00 bits per heavy atom. The molecular weight excluding hydrogens is 258 g/mol. The van der Waals surface area contributed by atoms with Crippen molar-refractivity contribution in [3.63, 3.8) is 0 Å². The molecule has 0 saturated heterocycles. The zero-order chi connectivity index (χ0) is 14.8. The number of aryl methyl sites for hydroxylation is 1. The van der Waals surface area contributed by atoms with E-state index in [-0.39, 0.29) is 11.1 Å². The second kappa shape index (κ2) is 5.48. The number of carbonyl (C=O) groups excluding carboxylic acids is 2. The van der Waals surface area contributed by atoms with Gasteiger partial charge in [-0.1, -0.05) is 19.8 Å². The number of amides is 2. The first-order valence-corrected chi connectivity index (χ1v) is 6.82. The van der Waals surface area contributed by atoms with E-state index in [0.717, 1.165) is 12.8 Å². The Bertz CT molecular complexity index is 586. The highest BCUT2D eigenvalue weighted by Gasteiger charge is 2.41. The summed E-state index contributed by atoms with van der Waals surface area (Å²) in [6.07, 6.45) is 3.45. The number of nitrogens with one attached hydrogen (secondary N) is 2. The lowest BCUT2D eigenvalue weighted by molar-refractivity contribution is -0.123. The van der Waals surface area contributed by atoms with E-state index in [1.54, 1.807) is 6.07 Å². The van der Waals surface area contributed by atoms with Crippen LogP contribution in [0.2, 0.25) is 0 Å². The molecule has 0 radical (unpaired) electrons. The van der Waals surface area contributed by atoms with Crippen molar-refractivity contribution in [3.8, 4) is 0 Å². The van der Waals surface area contributed by atoms with Gasteiger partial charge in [0.05, 0.1) is 0 Å². The summed E-state index contributed by atoms with van der Waals surface area (Å²) in [6, 6.07) is 2.86. The lowest BCUT2D eigenvalue weighted by Crippen LogP contribution is -2.55. The van der Waals surface area contributed by atoms with Gasteiger partial charge in [0.2, 0.25) is 11.5 Å². The molecule has 2 rings (SSSR count). The Morgan fingerprint density at radius 1 is 1.35 bits per heavy atom. The molecule has 0 atom stereocenters. The van der Waals surface area contributed by atoms with Crippen LogP contribution in [0.25, 0.3) is 0 Å². The van der Waals surface area contributed by atoms with Crippen molar-refractivity contribution >= 4 is 11.8 Å². The van der Waals surface area contributed by atoms with E-state index >= 15 is 0 Å². The minimum absolute atomic E-state index is 0.262. The molecule has 4 N–H and O–H groups in total. The van der Waals surface area contributed by atoms with E-state index in [0.29, 0.717) is 25.0 Å². The van der Waals surface area contributed by atoms with Gasteiger partial charge in [-0.2, -0.15) is 0 Å². The van der Waals surface area contributed by atoms with E-state index in [9.17, 15) is 14.4 Å². The number of H-pyrrole nitrogens is 1. The van der Waals surface area contributed by atoms with Gasteiger partial charge in [-0.05, 0) is 25.3 Å². The highest BCUT2D eigenvalue weighted by atomic mass is 16.2. The first-order chi connectivity index (χ1) is 9.47. The summed E-state index contributed by atoms with van der Waals surface area (Å²) >= 11 is 0. The summed E-state index contributed by atoms with van der Waals surface area (Å²) in [4.78, 5) is 38.0. The van der Waals surface area contributed by atoms with E-state index in [1.165, 1.54) is 6.07 Å². The Hall–Kier alpha value is -2.11. The Balaban J connectivity index is 2.25. The van der Waals surface area contributed by atoms with Crippen LogP contribution in [0, 0.1) is 0 Å².